The molecule has 2 aromatic carbocycles. The predicted octanol–water partition coefficient (Wildman–Crippen LogP) is 4.54. The van der Waals surface area contributed by atoms with Crippen molar-refractivity contribution in [3.63, 3.8) is 0 Å². The Morgan fingerprint density at radius 2 is 1.83 bits per heavy atom. The Bertz CT molecular complexity index is 852. The Morgan fingerprint density at radius 1 is 1.14 bits per heavy atom. The third-order valence-corrected chi connectivity index (χ3v) is 6.25. The molecule has 2 atom stereocenters. The third-order valence-electron chi connectivity index (χ3n) is 6.25. The molecule has 2 saturated heterocycles. The number of hydrogen-bond acceptors (Lipinski definition) is 4. The molecule has 1 amide bonds. The minimum Gasteiger partial charge on any atom is -0.497 e. The number of aryl methyl sites for hydroxylation is 1. The van der Waals surface area contributed by atoms with Crippen molar-refractivity contribution in [3.05, 3.63) is 65.2 Å². The number of carbonyl (C=O) groups is 1. The topological polar surface area (TPSA) is 59.0 Å². The van der Waals surface area contributed by atoms with Crippen molar-refractivity contribution in [2.45, 2.75) is 63.3 Å². The quantitative estimate of drug-likeness (QED) is 0.825. The fourth-order valence-electron chi connectivity index (χ4n) is 4.89. The molecule has 4 rings (SSSR count). The molecule has 29 heavy (non-hydrogen) atoms. The van der Waals surface area contributed by atoms with E-state index in [1.165, 1.54) is 0 Å². The third kappa shape index (κ3) is 4.10. The van der Waals surface area contributed by atoms with Crippen LogP contribution in [-0.2, 0) is 16.9 Å². The van der Waals surface area contributed by atoms with Gasteiger partial charge in [0.2, 0.25) is 0 Å². The highest BCUT2D eigenvalue weighted by atomic mass is 16.6. The van der Waals surface area contributed by atoms with E-state index in [1.807, 2.05) is 60.4 Å². The van der Waals surface area contributed by atoms with Crippen LogP contribution < -0.4 is 4.74 Å². The Hall–Kier alpha value is -2.53. The summed E-state index contributed by atoms with van der Waals surface area (Å²) in [6.45, 7) is 2.28. The van der Waals surface area contributed by atoms with Gasteiger partial charge in [-0.1, -0.05) is 36.4 Å². The SMILES string of the molecule is COc1cc(C)cc(C2(O)CC3CCCC(C2)N3C(=O)OCc2ccccc2)c1. The second-order valence-electron chi connectivity index (χ2n) is 8.36. The summed E-state index contributed by atoms with van der Waals surface area (Å²) < 4.78 is 11.0. The number of rotatable bonds is 4. The van der Waals surface area contributed by atoms with Crippen molar-refractivity contribution in [3.8, 4) is 5.75 Å². The molecule has 2 heterocycles. The van der Waals surface area contributed by atoms with Crippen LogP contribution in [-0.4, -0.2) is 35.3 Å². The Labute approximate surface area is 172 Å². The molecule has 5 heteroatoms. The highest BCUT2D eigenvalue weighted by Gasteiger charge is 2.48. The van der Waals surface area contributed by atoms with Gasteiger partial charge in [-0.25, -0.2) is 4.79 Å². The first kappa shape index (κ1) is 19.8. The van der Waals surface area contributed by atoms with Gasteiger partial charge in [-0.2, -0.15) is 0 Å². The lowest BCUT2D eigenvalue weighted by Gasteiger charge is -2.51. The monoisotopic (exact) mass is 395 g/mol. The predicted molar refractivity (Wildman–Crippen MR) is 111 cm³/mol. The molecule has 0 aromatic heterocycles. The summed E-state index contributed by atoms with van der Waals surface area (Å²) >= 11 is 0. The van der Waals surface area contributed by atoms with E-state index in [9.17, 15) is 9.90 Å². The molecule has 2 bridgehead atoms. The van der Waals surface area contributed by atoms with Crippen molar-refractivity contribution >= 4 is 6.09 Å². The van der Waals surface area contributed by atoms with E-state index in [-0.39, 0.29) is 24.8 Å². The van der Waals surface area contributed by atoms with E-state index in [0.717, 1.165) is 41.7 Å². The van der Waals surface area contributed by atoms with E-state index in [4.69, 9.17) is 9.47 Å². The van der Waals surface area contributed by atoms with Crippen LogP contribution in [0.15, 0.2) is 48.5 Å². The maximum atomic E-state index is 12.9. The van der Waals surface area contributed by atoms with Crippen LogP contribution in [0.5, 0.6) is 5.75 Å². The molecule has 0 spiro atoms. The number of piperidine rings is 2. The number of benzene rings is 2. The number of nitrogens with zero attached hydrogens (tertiary/aromatic N) is 1. The van der Waals surface area contributed by atoms with Gasteiger partial charge >= 0.3 is 6.09 Å². The molecule has 2 aliphatic heterocycles. The molecular weight excluding hydrogens is 366 g/mol. The van der Waals surface area contributed by atoms with Gasteiger partial charge in [0, 0.05) is 24.9 Å². The fourth-order valence-corrected chi connectivity index (χ4v) is 4.89. The van der Waals surface area contributed by atoms with Crippen LogP contribution in [0.2, 0.25) is 0 Å². The Kier molecular flexibility index (Phi) is 5.50. The molecule has 2 aromatic rings. The second-order valence-corrected chi connectivity index (χ2v) is 8.36. The van der Waals surface area contributed by atoms with Gasteiger partial charge in [0.05, 0.1) is 12.7 Å². The first-order valence-corrected chi connectivity index (χ1v) is 10.4. The number of methoxy groups -OCH3 is 1. The lowest BCUT2D eigenvalue weighted by Crippen LogP contribution is -2.58. The summed E-state index contributed by atoms with van der Waals surface area (Å²) in [5.74, 6) is 0.753. The maximum Gasteiger partial charge on any atom is 0.410 e. The summed E-state index contributed by atoms with van der Waals surface area (Å²) in [7, 11) is 1.64. The Balaban J connectivity index is 1.51. The van der Waals surface area contributed by atoms with Gasteiger partial charge in [0.25, 0.3) is 0 Å². The Morgan fingerprint density at radius 3 is 2.48 bits per heavy atom. The summed E-state index contributed by atoms with van der Waals surface area (Å²) in [6, 6.07) is 15.6. The number of carbonyl (C=O) groups excluding carboxylic acids is 1. The molecule has 1 N–H and O–H groups in total. The van der Waals surface area contributed by atoms with Crippen LogP contribution >= 0.6 is 0 Å². The van der Waals surface area contributed by atoms with E-state index in [2.05, 4.69) is 0 Å². The minimum atomic E-state index is -0.953. The van der Waals surface area contributed by atoms with Gasteiger partial charge in [0.15, 0.2) is 0 Å². The first-order valence-electron chi connectivity index (χ1n) is 10.4. The van der Waals surface area contributed by atoms with Crippen molar-refractivity contribution < 1.29 is 19.4 Å². The molecule has 154 valence electrons. The van der Waals surface area contributed by atoms with Crippen LogP contribution in [0, 0.1) is 6.92 Å². The molecule has 0 saturated carbocycles. The second kappa shape index (κ2) is 8.07. The maximum absolute atomic E-state index is 12.9. The standard InChI is InChI=1S/C24H29NO4/c1-17-11-19(13-22(12-17)28-2)24(27)14-20-9-6-10-21(15-24)25(20)23(26)29-16-18-7-4-3-5-8-18/h3-5,7-8,11-13,20-21,27H,6,9-10,14-16H2,1-2H3. The van der Waals surface area contributed by atoms with Crippen LogP contribution in [0.25, 0.3) is 0 Å². The van der Waals surface area contributed by atoms with E-state index in [1.54, 1.807) is 7.11 Å². The lowest BCUT2D eigenvalue weighted by atomic mass is 9.72. The summed E-state index contributed by atoms with van der Waals surface area (Å²) in [4.78, 5) is 14.8. The van der Waals surface area contributed by atoms with Gasteiger partial charge in [-0.15, -0.1) is 0 Å². The van der Waals surface area contributed by atoms with Gasteiger partial charge in [-0.05, 0) is 55.0 Å². The molecule has 2 fully saturated rings. The van der Waals surface area contributed by atoms with Crippen molar-refractivity contribution in [1.82, 2.24) is 4.90 Å². The molecule has 0 aliphatic carbocycles. The van der Waals surface area contributed by atoms with Crippen molar-refractivity contribution in [2.24, 2.45) is 0 Å². The number of hydrogen-bond donors (Lipinski definition) is 1. The molecule has 0 radical (unpaired) electrons. The average molecular weight is 395 g/mol. The van der Waals surface area contributed by atoms with E-state index >= 15 is 0 Å². The van der Waals surface area contributed by atoms with Crippen molar-refractivity contribution in [1.29, 1.82) is 0 Å². The summed E-state index contributed by atoms with van der Waals surface area (Å²) in [5.41, 5.74) is 1.96. The van der Waals surface area contributed by atoms with Gasteiger partial charge in [0.1, 0.15) is 12.4 Å². The first-order chi connectivity index (χ1) is 14.0. The van der Waals surface area contributed by atoms with E-state index < -0.39 is 5.60 Å². The number of aliphatic hydroxyl groups is 1. The number of amides is 1. The molecule has 2 unspecified atom stereocenters. The number of ether oxygens (including phenoxy) is 2. The molecule has 5 nitrogen and oxygen atoms in total. The van der Waals surface area contributed by atoms with Gasteiger partial charge in [-0.3, -0.25) is 0 Å². The lowest BCUT2D eigenvalue weighted by molar-refractivity contribution is -0.0897. The fraction of sp³-hybridized carbons (Fsp3) is 0.458. The zero-order chi connectivity index (χ0) is 20.4. The van der Waals surface area contributed by atoms with Crippen molar-refractivity contribution in [2.75, 3.05) is 7.11 Å². The molecule has 2 aliphatic rings. The van der Waals surface area contributed by atoms with Crippen LogP contribution in [0.4, 0.5) is 4.79 Å². The van der Waals surface area contributed by atoms with E-state index in [0.29, 0.717) is 12.8 Å². The zero-order valence-corrected chi connectivity index (χ0v) is 17.1. The smallest absolute Gasteiger partial charge is 0.410 e. The molecular formula is C24H29NO4. The summed E-state index contributed by atoms with van der Waals surface area (Å²) in [6.07, 6.45) is 3.63. The average Bonchev–Trinajstić information content (AvgIpc) is 2.71. The largest absolute Gasteiger partial charge is 0.497 e. The zero-order valence-electron chi connectivity index (χ0n) is 17.1. The van der Waals surface area contributed by atoms with Crippen LogP contribution in [0.1, 0.15) is 48.8 Å². The highest BCUT2D eigenvalue weighted by molar-refractivity contribution is 5.69. The van der Waals surface area contributed by atoms with Crippen LogP contribution in [0.3, 0.4) is 0 Å². The minimum absolute atomic E-state index is 0.0118. The normalized spacial score (nSPS) is 26.1. The van der Waals surface area contributed by atoms with Gasteiger partial charge < -0.3 is 19.5 Å². The highest BCUT2D eigenvalue weighted by Crippen LogP contribution is 2.45. The number of fused-ring (bicyclic) bond motifs is 2. The summed E-state index contributed by atoms with van der Waals surface area (Å²) in [5, 5.41) is 11.6.